The van der Waals surface area contributed by atoms with Crippen molar-refractivity contribution in [2.24, 2.45) is 0 Å². The van der Waals surface area contributed by atoms with Gasteiger partial charge in [0.15, 0.2) is 0 Å². The molecule has 0 saturated carbocycles. The maximum absolute atomic E-state index is 12.4. The first kappa shape index (κ1) is 20.6. The lowest BCUT2D eigenvalue weighted by Gasteiger charge is -2.26. The third kappa shape index (κ3) is 4.34. The number of carbonyl (C=O) groups is 2. The third-order valence-corrected chi connectivity index (χ3v) is 4.51. The monoisotopic (exact) mass is 390 g/mol. The lowest BCUT2D eigenvalue weighted by Crippen LogP contribution is -2.27. The van der Waals surface area contributed by atoms with Crippen LogP contribution in [0, 0.1) is 0 Å². The molecule has 0 N–H and O–H groups in total. The summed E-state index contributed by atoms with van der Waals surface area (Å²) < 4.78 is 9.71. The van der Waals surface area contributed by atoms with E-state index in [4.69, 9.17) is 21.1 Å². The van der Waals surface area contributed by atoms with Crippen molar-refractivity contribution in [2.75, 3.05) is 37.1 Å². The van der Waals surface area contributed by atoms with Crippen LogP contribution in [0.5, 0.6) is 0 Å². The molecule has 1 aliphatic rings. The minimum absolute atomic E-state index is 0.0565. The summed E-state index contributed by atoms with van der Waals surface area (Å²) >= 11 is 6.50. The predicted octanol–water partition coefficient (Wildman–Crippen LogP) is 3.68. The number of rotatable bonds is 6. The summed E-state index contributed by atoms with van der Waals surface area (Å²) in [5, 5.41) is 0.547. The first-order valence-electron chi connectivity index (χ1n) is 8.57. The Labute approximate surface area is 164 Å². The molecule has 2 rings (SSSR count). The molecule has 0 radical (unpaired) electrons. The van der Waals surface area contributed by atoms with Crippen LogP contribution in [0.25, 0.3) is 0 Å². The van der Waals surface area contributed by atoms with Gasteiger partial charge in [0.05, 0.1) is 30.5 Å². The third-order valence-electron chi connectivity index (χ3n) is 4.20. The Morgan fingerprint density at radius 2 is 1.74 bits per heavy atom. The molecule has 1 aromatic carbocycles. The molecule has 6 nitrogen and oxygen atoms in total. The molecule has 0 atom stereocenters. The Kier molecular flexibility index (Phi) is 7.07. The molecule has 0 saturated heterocycles. The normalized spacial score (nSPS) is 13.4. The number of nitrogens with zero attached hydrogens (tertiary/aromatic N) is 2. The number of carbonyl (C=O) groups excluding carboxylic acids is 2. The summed E-state index contributed by atoms with van der Waals surface area (Å²) in [6.45, 7) is 5.75. The Bertz CT molecular complexity index is 810. The van der Waals surface area contributed by atoms with E-state index in [0.717, 1.165) is 18.8 Å². The van der Waals surface area contributed by atoms with Gasteiger partial charge in [0.1, 0.15) is 5.70 Å². The molecule has 144 valence electrons. The summed E-state index contributed by atoms with van der Waals surface area (Å²) in [5.41, 5.74) is 1.68. The molecule has 0 aromatic heterocycles. The van der Waals surface area contributed by atoms with Crippen LogP contribution >= 0.6 is 11.6 Å². The summed E-state index contributed by atoms with van der Waals surface area (Å²) in [4.78, 5) is 28.3. The second-order valence-corrected chi connectivity index (χ2v) is 6.03. The van der Waals surface area contributed by atoms with E-state index >= 15 is 0 Å². The minimum atomic E-state index is -0.657. The average Bonchev–Trinajstić information content (AvgIpc) is 2.91. The highest BCUT2D eigenvalue weighted by atomic mass is 35.5. The van der Waals surface area contributed by atoms with Gasteiger partial charge in [-0.3, -0.25) is 0 Å². The molecule has 0 bridgehead atoms. The van der Waals surface area contributed by atoms with Gasteiger partial charge in [0, 0.05) is 25.0 Å². The molecule has 0 unspecified atom stereocenters. The maximum atomic E-state index is 12.4. The molecule has 1 aliphatic heterocycles. The zero-order chi connectivity index (χ0) is 20.0. The van der Waals surface area contributed by atoms with E-state index in [1.165, 1.54) is 20.3 Å². The minimum Gasteiger partial charge on any atom is -0.465 e. The fourth-order valence-electron chi connectivity index (χ4n) is 2.83. The number of anilines is 2. The van der Waals surface area contributed by atoms with Crippen LogP contribution < -0.4 is 9.80 Å². The summed E-state index contributed by atoms with van der Waals surface area (Å²) in [6, 6.07) is 5.49. The number of halogens is 1. The van der Waals surface area contributed by atoms with Crippen molar-refractivity contribution in [1.82, 2.24) is 0 Å². The molecule has 1 heterocycles. The highest BCUT2D eigenvalue weighted by Gasteiger charge is 2.27. The van der Waals surface area contributed by atoms with E-state index in [2.05, 4.69) is 18.7 Å². The first-order chi connectivity index (χ1) is 13.0. The van der Waals surface area contributed by atoms with Crippen LogP contribution in [-0.4, -0.2) is 39.2 Å². The van der Waals surface area contributed by atoms with Gasteiger partial charge in [-0.05, 0) is 44.2 Å². The fraction of sp³-hybridized carbons (Fsp3) is 0.300. The number of hydrogen-bond acceptors (Lipinski definition) is 6. The second-order valence-electron chi connectivity index (χ2n) is 5.62. The van der Waals surface area contributed by atoms with Gasteiger partial charge in [0.2, 0.25) is 0 Å². The molecule has 0 spiro atoms. The SMILES string of the molecule is CCN(CC)c1ccc(N2C=CC=CC(C(=O)OC)=C2C(=O)OC)cc1Cl. The van der Waals surface area contributed by atoms with Crippen LogP contribution in [0.3, 0.4) is 0 Å². The summed E-state index contributed by atoms with van der Waals surface area (Å²) in [5.74, 6) is -1.29. The molecule has 0 aliphatic carbocycles. The van der Waals surface area contributed by atoms with E-state index in [-0.39, 0.29) is 11.3 Å². The highest BCUT2D eigenvalue weighted by Crippen LogP contribution is 2.33. The summed E-state index contributed by atoms with van der Waals surface area (Å²) in [7, 11) is 2.52. The van der Waals surface area contributed by atoms with Gasteiger partial charge < -0.3 is 19.3 Å². The van der Waals surface area contributed by atoms with Crippen molar-refractivity contribution in [2.45, 2.75) is 13.8 Å². The van der Waals surface area contributed by atoms with Gasteiger partial charge in [0.25, 0.3) is 0 Å². The van der Waals surface area contributed by atoms with Crippen molar-refractivity contribution in [3.05, 3.63) is 58.9 Å². The quantitative estimate of drug-likeness (QED) is 0.690. The second kappa shape index (κ2) is 9.28. The number of ether oxygens (including phenoxy) is 2. The van der Waals surface area contributed by atoms with Crippen LogP contribution in [0.1, 0.15) is 13.8 Å². The Morgan fingerprint density at radius 1 is 1.07 bits per heavy atom. The van der Waals surface area contributed by atoms with Gasteiger partial charge in [-0.15, -0.1) is 0 Å². The smallest absolute Gasteiger partial charge is 0.355 e. The number of benzene rings is 1. The van der Waals surface area contributed by atoms with Gasteiger partial charge >= 0.3 is 11.9 Å². The van der Waals surface area contributed by atoms with Gasteiger partial charge in [-0.25, -0.2) is 9.59 Å². The van der Waals surface area contributed by atoms with Crippen molar-refractivity contribution in [3.63, 3.8) is 0 Å². The topological polar surface area (TPSA) is 59.1 Å². The van der Waals surface area contributed by atoms with Crippen molar-refractivity contribution >= 4 is 34.9 Å². The fourth-order valence-corrected chi connectivity index (χ4v) is 3.13. The first-order valence-corrected chi connectivity index (χ1v) is 8.95. The number of methoxy groups -OCH3 is 2. The molecule has 0 fully saturated rings. The van der Waals surface area contributed by atoms with Crippen LogP contribution in [-0.2, 0) is 19.1 Å². The molecule has 0 amide bonds. The van der Waals surface area contributed by atoms with Crippen LogP contribution in [0.15, 0.2) is 53.9 Å². The lowest BCUT2D eigenvalue weighted by molar-refractivity contribution is -0.139. The van der Waals surface area contributed by atoms with E-state index in [1.807, 2.05) is 12.1 Å². The van der Waals surface area contributed by atoms with E-state index in [1.54, 1.807) is 29.3 Å². The maximum Gasteiger partial charge on any atom is 0.355 e. The Hall–Kier alpha value is -2.73. The van der Waals surface area contributed by atoms with Gasteiger partial charge in [-0.2, -0.15) is 0 Å². The van der Waals surface area contributed by atoms with Crippen molar-refractivity contribution in [3.8, 4) is 0 Å². The zero-order valence-corrected chi connectivity index (χ0v) is 16.6. The van der Waals surface area contributed by atoms with E-state index < -0.39 is 11.9 Å². The number of allylic oxidation sites excluding steroid dienone is 2. The standard InChI is InChI=1S/C20H23ClN2O4/c1-5-22(6-2)17-11-10-14(13-16(17)21)23-12-8-7-9-15(19(24)26-3)18(23)20(25)27-4/h7-13H,5-6H2,1-4H3. The van der Waals surface area contributed by atoms with E-state index in [0.29, 0.717) is 10.7 Å². The largest absolute Gasteiger partial charge is 0.465 e. The number of hydrogen-bond donors (Lipinski definition) is 0. The molecule has 7 heteroatoms. The highest BCUT2D eigenvalue weighted by molar-refractivity contribution is 6.33. The van der Waals surface area contributed by atoms with Gasteiger partial charge in [-0.1, -0.05) is 17.7 Å². The molecule has 1 aromatic rings. The lowest BCUT2D eigenvalue weighted by atomic mass is 10.1. The van der Waals surface area contributed by atoms with E-state index in [9.17, 15) is 9.59 Å². The van der Waals surface area contributed by atoms with Crippen molar-refractivity contribution < 1.29 is 19.1 Å². The Balaban J connectivity index is 2.59. The zero-order valence-electron chi connectivity index (χ0n) is 15.9. The van der Waals surface area contributed by atoms with Crippen LogP contribution in [0.2, 0.25) is 5.02 Å². The molecular weight excluding hydrogens is 368 g/mol. The number of esters is 2. The Morgan fingerprint density at radius 3 is 2.30 bits per heavy atom. The molecule has 27 heavy (non-hydrogen) atoms. The average molecular weight is 391 g/mol. The molecular formula is C20H23ClN2O4. The van der Waals surface area contributed by atoms with Crippen molar-refractivity contribution in [1.29, 1.82) is 0 Å². The predicted molar refractivity (Wildman–Crippen MR) is 107 cm³/mol. The summed E-state index contributed by atoms with van der Waals surface area (Å²) in [6.07, 6.45) is 6.55. The van der Waals surface area contributed by atoms with Crippen LogP contribution in [0.4, 0.5) is 11.4 Å².